The zero-order valence-electron chi connectivity index (χ0n) is 9.03. The molecule has 0 radical (unpaired) electrons. The molecule has 0 aromatic carbocycles. The maximum atomic E-state index is 11.5. The normalized spacial score (nSPS) is 25.8. The highest BCUT2D eigenvalue weighted by Gasteiger charge is 2.31. The first-order valence-corrected chi connectivity index (χ1v) is 8.45. The number of rotatable bonds is 5. The molecular formula is C10H20O2S2. The Kier molecular flexibility index (Phi) is 4.77. The SMILES string of the molecule is CC(C)CCCCC1CCSS1(=O)=O. The average Bonchev–Trinajstić information content (AvgIpc) is 2.39. The van der Waals surface area contributed by atoms with E-state index < -0.39 is 8.87 Å². The Bertz CT molecular complexity index is 257. The maximum Gasteiger partial charge on any atom is 0.204 e. The van der Waals surface area contributed by atoms with Gasteiger partial charge in [-0.2, -0.15) is 0 Å². The fourth-order valence-corrected chi connectivity index (χ4v) is 5.71. The largest absolute Gasteiger partial charge is 0.217 e. The van der Waals surface area contributed by atoms with E-state index in [1.807, 2.05) is 0 Å². The fourth-order valence-electron chi connectivity index (χ4n) is 1.75. The summed E-state index contributed by atoms with van der Waals surface area (Å²) in [6.07, 6.45) is 5.22. The second-order valence-electron chi connectivity index (χ2n) is 4.40. The number of hydrogen-bond acceptors (Lipinski definition) is 3. The van der Waals surface area contributed by atoms with E-state index >= 15 is 0 Å². The van der Waals surface area contributed by atoms with Crippen molar-refractivity contribution in [2.45, 2.75) is 51.2 Å². The van der Waals surface area contributed by atoms with E-state index in [2.05, 4.69) is 13.8 Å². The third-order valence-corrected chi connectivity index (χ3v) is 6.97. The quantitative estimate of drug-likeness (QED) is 0.543. The molecule has 1 saturated heterocycles. The van der Waals surface area contributed by atoms with Gasteiger partial charge in [-0.1, -0.05) is 33.1 Å². The first-order chi connectivity index (χ1) is 6.52. The van der Waals surface area contributed by atoms with Crippen LogP contribution in [-0.2, 0) is 8.87 Å². The van der Waals surface area contributed by atoms with Crippen LogP contribution in [0, 0.1) is 5.92 Å². The lowest BCUT2D eigenvalue weighted by Gasteiger charge is -2.08. The van der Waals surface area contributed by atoms with Gasteiger partial charge in [0.25, 0.3) is 0 Å². The highest BCUT2D eigenvalue weighted by atomic mass is 33.1. The van der Waals surface area contributed by atoms with Crippen molar-refractivity contribution in [1.29, 1.82) is 0 Å². The van der Waals surface area contributed by atoms with Gasteiger partial charge in [-0.25, -0.2) is 8.42 Å². The van der Waals surface area contributed by atoms with Crippen LogP contribution in [0.1, 0.15) is 46.0 Å². The summed E-state index contributed by atoms with van der Waals surface area (Å²) in [6, 6.07) is 0. The third-order valence-electron chi connectivity index (χ3n) is 2.65. The molecule has 0 amide bonds. The van der Waals surface area contributed by atoms with Crippen molar-refractivity contribution in [3.05, 3.63) is 0 Å². The number of hydrogen-bond donors (Lipinski definition) is 0. The van der Waals surface area contributed by atoms with Crippen molar-refractivity contribution in [2.75, 3.05) is 5.75 Å². The minimum atomic E-state index is -2.77. The molecule has 0 aromatic heterocycles. The van der Waals surface area contributed by atoms with Crippen LogP contribution < -0.4 is 0 Å². The third kappa shape index (κ3) is 3.81. The molecule has 4 heteroatoms. The van der Waals surface area contributed by atoms with Crippen molar-refractivity contribution in [3.8, 4) is 0 Å². The lowest BCUT2D eigenvalue weighted by Crippen LogP contribution is -2.11. The summed E-state index contributed by atoms with van der Waals surface area (Å²) in [4.78, 5) is 0. The van der Waals surface area contributed by atoms with Gasteiger partial charge in [0.1, 0.15) is 0 Å². The standard InChI is InChI=1S/C10H20O2S2/c1-9(2)5-3-4-6-10-7-8-13-14(10,11)12/h9-10H,3-8H2,1-2H3. The Hall–Kier alpha value is 0.300. The first kappa shape index (κ1) is 12.4. The predicted molar refractivity (Wildman–Crippen MR) is 63.1 cm³/mol. The van der Waals surface area contributed by atoms with Crippen molar-refractivity contribution in [3.63, 3.8) is 0 Å². The van der Waals surface area contributed by atoms with Crippen LogP contribution in [0.4, 0.5) is 0 Å². The average molecular weight is 236 g/mol. The van der Waals surface area contributed by atoms with E-state index in [1.165, 1.54) is 12.8 Å². The second-order valence-corrected chi connectivity index (χ2v) is 8.80. The summed E-state index contributed by atoms with van der Waals surface area (Å²) in [5.74, 6) is 1.54. The lowest BCUT2D eigenvalue weighted by atomic mass is 10.0. The van der Waals surface area contributed by atoms with Gasteiger partial charge in [0.05, 0.1) is 5.25 Å². The van der Waals surface area contributed by atoms with E-state index in [-0.39, 0.29) is 5.25 Å². The van der Waals surface area contributed by atoms with Gasteiger partial charge in [-0.05, 0) is 29.6 Å². The zero-order chi connectivity index (χ0) is 10.6. The Morgan fingerprint density at radius 1 is 1.36 bits per heavy atom. The lowest BCUT2D eigenvalue weighted by molar-refractivity contribution is 0.515. The van der Waals surface area contributed by atoms with E-state index in [0.717, 1.165) is 41.7 Å². The Labute approximate surface area is 91.2 Å². The van der Waals surface area contributed by atoms with E-state index in [0.29, 0.717) is 0 Å². The zero-order valence-corrected chi connectivity index (χ0v) is 10.7. The Morgan fingerprint density at radius 2 is 2.07 bits per heavy atom. The van der Waals surface area contributed by atoms with E-state index in [4.69, 9.17) is 0 Å². The van der Waals surface area contributed by atoms with Gasteiger partial charge >= 0.3 is 0 Å². The van der Waals surface area contributed by atoms with Crippen LogP contribution in [0.5, 0.6) is 0 Å². The summed E-state index contributed by atoms with van der Waals surface area (Å²) >= 11 is 0. The van der Waals surface area contributed by atoms with Gasteiger partial charge < -0.3 is 0 Å². The molecular weight excluding hydrogens is 216 g/mol. The van der Waals surface area contributed by atoms with Gasteiger partial charge in [-0.3, -0.25) is 0 Å². The van der Waals surface area contributed by atoms with Gasteiger partial charge in [-0.15, -0.1) is 0 Å². The minimum Gasteiger partial charge on any atom is -0.217 e. The van der Waals surface area contributed by atoms with Crippen LogP contribution in [0.25, 0.3) is 0 Å². The highest BCUT2D eigenvalue weighted by molar-refractivity contribution is 8.72. The topological polar surface area (TPSA) is 34.1 Å². The molecule has 1 aliphatic heterocycles. The molecule has 0 aliphatic carbocycles. The molecule has 1 unspecified atom stereocenters. The molecule has 84 valence electrons. The Balaban J connectivity index is 2.19. The molecule has 0 bridgehead atoms. The number of unbranched alkanes of at least 4 members (excludes halogenated alkanes) is 1. The molecule has 0 aromatic rings. The van der Waals surface area contributed by atoms with Crippen LogP contribution >= 0.6 is 10.8 Å². The maximum absolute atomic E-state index is 11.5. The molecule has 14 heavy (non-hydrogen) atoms. The van der Waals surface area contributed by atoms with Crippen molar-refractivity contribution >= 4 is 19.7 Å². The summed E-state index contributed by atoms with van der Waals surface area (Å²) < 4.78 is 22.9. The van der Waals surface area contributed by atoms with Crippen LogP contribution in [0.2, 0.25) is 0 Å². The summed E-state index contributed by atoms with van der Waals surface area (Å²) in [6.45, 7) is 4.42. The fraction of sp³-hybridized carbons (Fsp3) is 1.00. The molecule has 1 fully saturated rings. The monoisotopic (exact) mass is 236 g/mol. The van der Waals surface area contributed by atoms with Gasteiger partial charge in [0, 0.05) is 5.75 Å². The molecule has 0 spiro atoms. The Morgan fingerprint density at radius 3 is 2.57 bits per heavy atom. The summed E-state index contributed by atoms with van der Waals surface area (Å²) in [5.41, 5.74) is 0. The van der Waals surface area contributed by atoms with Crippen LogP contribution in [0.3, 0.4) is 0 Å². The first-order valence-electron chi connectivity index (χ1n) is 5.40. The smallest absolute Gasteiger partial charge is 0.204 e. The minimum absolute atomic E-state index is 0.0420. The van der Waals surface area contributed by atoms with Gasteiger partial charge in [0.2, 0.25) is 8.87 Å². The molecule has 1 atom stereocenters. The summed E-state index contributed by atoms with van der Waals surface area (Å²) in [5, 5.41) is -0.0420. The predicted octanol–water partition coefficient (Wildman–Crippen LogP) is 3.04. The highest BCUT2D eigenvalue weighted by Crippen LogP contribution is 2.33. The molecule has 1 heterocycles. The van der Waals surface area contributed by atoms with Crippen LogP contribution in [0.15, 0.2) is 0 Å². The molecule has 1 aliphatic rings. The van der Waals surface area contributed by atoms with Crippen molar-refractivity contribution in [1.82, 2.24) is 0 Å². The van der Waals surface area contributed by atoms with Crippen molar-refractivity contribution < 1.29 is 8.42 Å². The molecule has 2 nitrogen and oxygen atoms in total. The van der Waals surface area contributed by atoms with E-state index in [1.54, 1.807) is 0 Å². The molecule has 1 rings (SSSR count). The summed E-state index contributed by atoms with van der Waals surface area (Å²) in [7, 11) is -1.63. The van der Waals surface area contributed by atoms with E-state index in [9.17, 15) is 8.42 Å². The molecule has 0 saturated carbocycles. The molecule has 0 N–H and O–H groups in total. The van der Waals surface area contributed by atoms with Crippen LogP contribution in [-0.4, -0.2) is 19.4 Å². The van der Waals surface area contributed by atoms with Gasteiger partial charge in [0.15, 0.2) is 0 Å². The van der Waals surface area contributed by atoms with Crippen molar-refractivity contribution in [2.24, 2.45) is 5.92 Å². The second kappa shape index (κ2) is 5.40.